The minimum absolute atomic E-state index is 0.0507. The highest BCUT2D eigenvalue weighted by Gasteiger charge is 2.06. The molecule has 0 spiro atoms. The van der Waals surface area contributed by atoms with E-state index in [4.69, 9.17) is 5.11 Å². The number of nitrogens with zero attached hydrogens (tertiary/aromatic N) is 2. The molecule has 14 heavy (non-hydrogen) atoms. The first kappa shape index (κ1) is 8.49. The first-order valence-corrected chi connectivity index (χ1v) is 4.00. The fourth-order valence-corrected chi connectivity index (χ4v) is 1.14. The quantitative estimate of drug-likeness (QED) is 0.657. The fraction of sp³-hybridized carbons (Fsp3) is 0.125. The van der Waals surface area contributed by atoms with Crippen LogP contribution in [0.3, 0.4) is 0 Å². The molecule has 6 nitrogen and oxygen atoms in total. The third-order valence-electron chi connectivity index (χ3n) is 1.74. The molecule has 0 saturated heterocycles. The number of H-pyrrole nitrogens is 2. The van der Waals surface area contributed by atoms with E-state index < -0.39 is 5.97 Å². The predicted octanol–water partition coefficient (Wildman–Crippen LogP) is 0.427. The van der Waals surface area contributed by atoms with Crippen molar-refractivity contribution in [2.24, 2.45) is 0 Å². The molecule has 0 saturated carbocycles. The number of rotatable bonds is 3. The van der Waals surface area contributed by atoms with E-state index in [0.717, 1.165) is 5.56 Å². The molecule has 0 unspecified atom stereocenters. The second-order valence-corrected chi connectivity index (χ2v) is 2.81. The SMILES string of the molecule is O=C(O)Cc1cnc(-c2cn[nH]c2)[nH]1. The van der Waals surface area contributed by atoms with Crippen LogP contribution in [-0.4, -0.2) is 31.2 Å². The average molecular weight is 192 g/mol. The number of hydrogen-bond donors (Lipinski definition) is 3. The lowest BCUT2D eigenvalue weighted by molar-refractivity contribution is -0.136. The Hall–Kier alpha value is -2.11. The lowest BCUT2D eigenvalue weighted by Crippen LogP contribution is -1.99. The van der Waals surface area contributed by atoms with E-state index >= 15 is 0 Å². The Morgan fingerprint density at radius 2 is 2.36 bits per heavy atom. The maximum atomic E-state index is 10.4. The normalized spacial score (nSPS) is 10.3. The van der Waals surface area contributed by atoms with Gasteiger partial charge >= 0.3 is 5.97 Å². The number of nitrogens with one attached hydrogen (secondary N) is 2. The summed E-state index contributed by atoms with van der Waals surface area (Å²) < 4.78 is 0. The number of imidazole rings is 1. The van der Waals surface area contributed by atoms with Gasteiger partial charge in [0.15, 0.2) is 0 Å². The van der Waals surface area contributed by atoms with Crippen molar-refractivity contribution >= 4 is 5.97 Å². The van der Waals surface area contributed by atoms with Gasteiger partial charge in [0.25, 0.3) is 0 Å². The van der Waals surface area contributed by atoms with E-state index in [1.54, 1.807) is 12.4 Å². The van der Waals surface area contributed by atoms with Crippen LogP contribution in [0.5, 0.6) is 0 Å². The van der Waals surface area contributed by atoms with Crippen LogP contribution in [-0.2, 0) is 11.2 Å². The molecule has 6 heteroatoms. The van der Waals surface area contributed by atoms with Crippen molar-refractivity contribution in [1.29, 1.82) is 0 Å². The molecule has 2 aromatic rings. The Kier molecular flexibility index (Phi) is 2.02. The molecule has 0 aliphatic heterocycles. The number of carboxylic acid groups (broad SMARTS) is 1. The molecule has 2 heterocycles. The largest absolute Gasteiger partial charge is 0.481 e. The summed E-state index contributed by atoms with van der Waals surface area (Å²) in [4.78, 5) is 17.3. The Labute approximate surface area is 79.0 Å². The van der Waals surface area contributed by atoms with Crippen molar-refractivity contribution < 1.29 is 9.90 Å². The van der Waals surface area contributed by atoms with Crippen molar-refractivity contribution in [3.05, 3.63) is 24.3 Å². The maximum Gasteiger partial charge on any atom is 0.309 e. The summed E-state index contributed by atoms with van der Waals surface area (Å²) in [6, 6.07) is 0. The van der Waals surface area contributed by atoms with Gasteiger partial charge in [0.1, 0.15) is 5.82 Å². The molecule has 0 aliphatic rings. The van der Waals surface area contributed by atoms with Crippen LogP contribution in [0.4, 0.5) is 0 Å². The van der Waals surface area contributed by atoms with Crippen molar-refractivity contribution in [2.45, 2.75) is 6.42 Å². The van der Waals surface area contributed by atoms with Crippen molar-refractivity contribution in [1.82, 2.24) is 20.2 Å². The van der Waals surface area contributed by atoms with Gasteiger partial charge in [-0.15, -0.1) is 0 Å². The summed E-state index contributed by atoms with van der Waals surface area (Å²) in [5.41, 5.74) is 1.38. The summed E-state index contributed by atoms with van der Waals surface area (Å²) >= 11 is 0. The standard InChI is InChI=1S/C8H8N4O2/c13-7(14)1-6-4-9-8(12-6)5-2-10-11-3-5/h2-4H,1H2,(H,9,12)(H,10,11)(H,13,14). The van der Waals surface area contributed by atoms with E-state index in [1.165, 1.54) is 6.20 Å². The van der Waals surface area contributed by atoms with Gasteiger partial charge < -0.3 is 10.1 Å². The van der Waals surface area contributed by atoms with Crippen LogP contribution in [0.25, 0.3) is 11.4 Å². The number of carbonyl (C=O) groups is 1. The lowest BCUT2D eigenvalue weighted by atomic mass is 10.3. The molecule has 3 N–H and O–H groups in total. The second-order valence-electron chi connectivity index (χ2n) is 2.81. The topological polar surface area (TPSA) is 94.7 Å². The first-order valence-electron chi connectivity index (χ1n) is 4.00. The number of aromatic nitrogens is 4. The minimum Gasteiger partial charge on any atom is -0.481 e. The van der Waals surface area contributed by atoms with Gasteiger partial charge in [-0.3, -0.25) is 9.89 Å². The molecule has 2 rings (SSSR count). The fourth-order valence-electron chi connectivity index (χ4n) is 1.14. The lowest BCUT2D eigenvalue weighted by Gasteiger charge is -1.89. The molecule has 0 aliphatic carbocycles. The van der Waals surface area contributed by atoms with Gasteiger partial charge in [0, 0.05) is 18.1 Å². The van der Waals surface area contributed by atoms with E-state index in [1.807, 2.05) is 0 Å². The van der Waals surface area contributed by atoms with Crippen LogP contribution in [0.2, 0.25) is 0 Å². The monoisotopic (exact) mass is 192 g/mol. The molecule has 0 bridgehead atoms. The molecule has 0 atom stereocenters. The summed E-state index contributed by atoms with van der Waals surface area (Å²) in [5.74, 6) is -0.262. The number of carboxylic acids is 1. The highest BCUT2D eigenvalue weighted by Crippen LogP contribution is 2.12. The summed E-state index contributed by atoms with van der Waals surface area (Å²) in [6.07, 6.45) is 4.76. The predicted molar refractivity (Wildman–Crippen MR) is 47.5 cm³/mol. The third-order valence-corrected chi connectivity index (χ3v) is 1.74. The van der Waals surface area contributed by atoms with Crippen molar-refractivity contribution in [3.63, 3.8) is 0 Å². The van der Waals surface area contributed by atoms with E-state index in [2.05, 4.69) is 20.2 Å². The molecular weight excluding hydrogens is 184 g/mol. The zero-order chi connectivity index (χ0) is 9.97. The molecule has 2 aromatic heterocycles. The third kappa shape index (κ3) is 1.63. The maximum absolute atomic E-state index is 10.4. The summed E-state index contributed by atoms with van der Waals surface area (Å²) in [6.45, 7) is 0. The Balaban J connectivity index is 2.22. The van der Waals surface area contributed by atoms with Gasteiger partial charge in [0.2, 0.25) is 0 Å². The zero-order valence-electron chi connectivity index (χ0n) is 7.19. The van der Waals surface area contributed by atoms with Gasteiger partial charge in [-0.05, 0) is 0 Å². The summed E-state index contributed by atoms with van der Waals surface area (Å²) in [7, 11) is 0. The average Bonchev–Trinajstić information content (AvgIpc) is 2.69. The van der Waals surface area contributed by atoms with Crippen molar-refractivity contribution in [3.8, 4) is 11.4 Å². The Morgan fingerprint density at radius 1 is 1.50 bits per heavy atom. The van der Waals surface area contributed by atoms with Gasteiger partial charge in [-0.1, -0.05) is 0 Å². The minimum atomic E-state index is -0.882. The zero-order valence-corrected chi connectivity index (χ0v) is 7.19. The van der Waals surface area contributed by atoms with Gasteiger partial charge in [-0.25, -0.2) is 4.98 Å². The number of aromatic amines is 2. The Bertz CT molecular complexity index is 432. The van der Waals surface area contributed by atoms with Gasteiger partial charge in [-0.2, -0.15) is 5.10 Å². The molecule has 0 fully saturated rings. The molecule has 0 amide bonds. The summed E-state index contributed by atoms with van der Waals surface area (Å²) in [5, 5.41) is 15.0. The highest BCUT2D eigenvalue weighted by atomic mass is 16.4. The van der Waals surface area contributed by atoms with Crippen LogP contribution in [0.15, 0.2) is 18.6 Å². The molecule has 0 aromatic carbocycles. The first-order chi connectivity index (χ1) is 6.75. The van der Waals surface area contributed by atoms with E-state index in [-0.39, 0.29) is 6.42 Å². The van der Waals surface area contributed by atoms with Crippen LogP contribution < -0.4 is 0 Å². The van der Waals surface area contributed by atoms with Gasteiger partial charge in [0.05, 0.1) is 18.2 Å². The smallest absolute Gasteiger partial charge is 0.309 e. The Morgan fingerprint density at radius 3 is 3.00 bits per heavy atom. The van der Waals surface area contributed by atoms with Crippen LogP contribution >= 0.6 is 0 Å². The highest BCUT2D eigenvalue weighted by molar-refractivity contribution is 5.69. The van der Waals surface area contributed by atoms with Crippen LogP contribution in [0.1, 0.15) is 5.69 Å². The van der Waals surface area contributed by atoms with E-state index in [0.29, 0.717) is 11.5 Å². The van der Waals surface area contributed by atoms with Crippen molar-refractivity contribution in [2.75, 3.05) is 0 Å². The molecule has 72 valence electrons. The second kappa shape index (κ2) is 3.33. The number of aliphatic carboxylic acids is 1. The molecular formula is C8H8N4O2. The molecule has 0 radical (unpaired) electrons. The van der Waals surface area contributed by atoms with E-state index in [9.17, 15) is 4.79 Å². The van der Waals surface area contributed by atoms with Crippen LogP contribution in [0, 0.1) is 0 Å². The number of hydrogen-bond acceptors (Lipinski definition) is 3.